The molecule has 0 spiro atoms. The van der Waals surface area contributed by atoms with Gasteiger partial charge in [-0.2, -0.15) is 0 Å². The van der Waals surface area contributed by atoms with E-state index in [0.717, 1.165) is 18.5 Å². The highest BCUT2D eigenvalue weighted by Gasteiger charge is 2.36. The van der Waals surface area contributed by atoms with Crippen LogP contribution in [0.15, 0.2) is 82.7 Å². The van der Waals surface area contributed by atoms with Crippen molar-refractivity contribution in [1.29, 1.82) is 0 Å². The van der Waals surface area contributed by atoms with Crippen molar-refractivity contribution in [3.63, 3.8) is 0 Å². The highest BCUT2D eigenvalue weighted by Crippen LogP contribution is 2.36. The quantitative estimate of drug-likeness (QED) is 0.325. The maximum atomic E-state index is 13.8. The molecule has 10 heteroatoms. The van der Waals surface area contributed by atoms with Crippen molar-refractivity contribution in [3.8, 4) is 5.75 Å². The van der Waals surface area contributed by atoms with Crippen LogP contribution >= 0.6 is 23.4 Å². The van der Waals surface area contributed by atoms with Crippen LogP contribution in [0.1, 0.15) is 18.4 Å². The number of amidine groups is 1. The Labute approximate surface area is 234 Å². The Balaban J connectivity index is 1.28. The van der Waals surface area contributed by atoms with Crippen LogP contribution in [0.4, 0.5) is 15.8 Å². The molecule has 0 aliphatic carbocycles. The summed E-state index contributed by atoms with van der Waals surface area (Å²) < 4.78 is 25.0. The summed E-state index contributed by atoms with van der Waals surface area (Å²) >= 11 is 7.71. The van der Waals surface area contributed by atoms with Gasteiger partial charge in [0, 0.05) is 6.61 Å². The fourth-order valence-electron chi connectivity index (χ4n) is 4.12. The number of nitrogens with one attached hydrogen (secondary N) is 1. The van der Waals surface area contributed by atoms with Gasteiger partial charge in [0.25, 0.3) is 11.8 Å². The summed E-state index contributed by atoms with van der Waals surface area (Å²) in [5.41, 5.74) is 1.52. The number of aliphatic imine (C=N–C) groups is 1. The molecule has 39 heavy (non-hydrogen) atoms. The van der Waals surface area contributed by atoms with E-state index >= 15 is 0 Å². The summed E-state index contributed by atoms with van der Waals surface area (Å²) in [5.74, 6) is -0.913. The lowest BCUT2D eigenvalue weighted by Gasteiger charge is -2.19. The number of carbonyl (C=O) groups excluding carboxylic acids is 2. The molecule has 2 heterocycles. The first-order valence-electron chi connectivity index (χ1n) is 12.4. The molecule has 0 unspecified atom stereocenters. The number of benzene rings is 3. The van der Waals surface area contributed by atoms with Gasteiger partial charge >= 0.3 is 0 Å². The van der Waals surface area contributed by atoms with E-state index in [1.165, 1.54) is 30.0 Å². The maximum Gasteiger partial charge on any atom is 0.266 e. The third kappa shape index (κ3) is 6.86. The van der Waals surface area contributed by atoms with Crippen molar-refractivity contribution in [2.45, 2.75) is 18.9 Å². The number of nitrogens with zero attached hydrogens (tertiary/aromatic N) is 2. The van der Waals surface area contributed by atoms with Gasteiger partial charge in [0.15, 0.2) is 11.8 Å². The number of anilines is 1. The molecule has 7 nitrogen and oxygen atoms in total. The zero-order valence-corrected chi connectivity index (χ0v) is 22.4. The summed E-state index contributed by atoms with van der Waals surface area (Å²) in [7, 11) is 0. The van der Waals surface area contributed by atoms with E-state index in [1.54, 1.807) is 35.2 Å². The van der Waals surface area contributed by atoms with Crippen LogP contribution in [0.2, 0.25) is 5.02 Å². The summed E-state index contributed by atoms with van der Waals surface area (Å²) in [4.78, 5) is 32.4. The number of carbonyl (C=O) groups is 2. The first-order valence-corrected chi connectivity index (χ1v) is 13.6. The molecule has 0 radical (unpaired) electrons. The van der Waals surface area contributed by atoms with Crippen molar-refractivity contribution in [1.82, 2.24) is 4.90 Å². The summed E-state index contributed by atoms with van der Waals surface area (Å²) in [6, 6.07) is 20.4. The molecule has 0 saturated carbocycles. The predicted molar refractivity (Wildman–Crippen MR) is 152 cm³/mol. The lowest BCUT2D eigenvalue weighted by Crippen LogP contribution is -2.36. The van der Waals surface area contributed by atoms with Crippen LogP contribution in [0, 0.1) is 5.82 Å². The SMILES string of the molecule is O=C(COc1ccc(/C=C2\SC(=Nc3ccccc3)N(C[C@@H]3CCCO3)C2=O)cc1Cl)Nc1ccccc1F. The van der Waals surface area contributed by atoms with Crippen LogP contribution in [-0.2, 0) is 14.3 Å². The van der Waals surface area contributed by atoms with Gasteiger partial charge in [0.1, 0.15) is 11.6 Å². The van der Waals surface area contributed by atoms with Gasteiger partial charge in [-0.15, -0.1) is 0 Å². The number of hydrogen-bond acceptors (Lipinski definition) is 6. The smallest absolute Gasteiger partial charge is 0.266 e. The zero-order chi connectivity index (χ0) is 27.2. The second-order valence-electron chi connectivity index (χ2n) is 8.90. The lowest BCUT2D eigenvalue weighted by molar-refractivity contribution is -0.123. The number of rotatable bonds is 8. The fraction of sp³-hybridized carbons (Fsp3) is 0.207. The van der Waals surface area contributed by atoms with Crippen molar-refractivity contribution >= 4 is 57.8 Å². The molecule has 2 saturated heterocycles. The molecule has 2 fully saturated rings. The minimum absolute atomic E-state index is 0.0173. The Morgan fingerprint density at radius 3 is 2.72 bits per heavy atom. The van der Waals surface area contributed by atoms with Crippen LogP contribution in [-0.4, -0.2) is 47.7 Å². The maximum absolute atomic E-state index is 13.8. The van der Waals surface area contributed by atoms with Crippen LogP contribution < -0.4 is 10.1 Å². The molecule has 2 aliphatic rings. The van der Waals surface area contributed by atoms with Crippen molar-refractivity contribution in [3.05, 3.63) is 94.1 Å². The first-order chi connectivity index (χ1) is 19.0. The highest BCUT2D eigenvalue weighted by molar-refractivity contribution is 8.18. The molecule has 3 aromatic rings. The second-order valence-corrected chi connectivity index (χ2v) is 10.3. The number of para-hydroxylation sites is 2. The Bertz CT molecular complexity index is 1430. The molecule has 3 aromatic carbocycles. The van der Waals surface area contributed by atoms with E-state index in [-0.39, 0.29) is 29.3 Å². The van der Waals surface area contributed by atoms with Gasteiger partial charge in [-0.05, 0) is 72.6 Å². The number of thioether (sulfide) groups is 1. The molecule has 5 rings (SSSR count). The van der Waals surface area contributed by atoms with E-state index < -0.39 is 11.7 Å². The predicted octanol–water partition coefficient (Wildman–Crippen LogP) is 6.28. The lowest BCUT2D eigenvalue weighted by atomic mass is 10.2. The Kier molecular flexibility index (Phi) is 8.61. The van der Waals surface area contributed by atoms with Gasteiger partial charge < -0.3 is 14.8 Å². The number of ether oxygens (including phenoxy) is 2. The van der Waals surface area contributed by atoms with Crippen LogP contribution in [0.5, 0.6) is 5.75 Å². The van der Waals surface area contributed by atoms with E-state index in [2.05, 4.69) is 5.32 Å². The minimum atomic E-state index is -0.535. The second kappa shape index (κ2) is 12.5. The van der Waals surface area contributed by atoms with Gasteiger partial charge in [-0.25, -0.2) is 9.38 Å². The molecule has 0 aromatic heterocycles. The van der Waals surface area contributed by atoms with Crippen LogP contribution in [0.3, 0.4) is 0 Å². The molecule has 0 bridgehead atoms. The third-order valence-corrected chi connectivity index (χ3v) is 7.34. The van der Waals surface area contributed by atoms with Crippen LogP contribution in [0.25, 0.3) is 6.08 Å². The topological polar surface area (TPSA) is 80.2 Å². The molecule has 1 atom stereocenters. The minimum Gasteiger partial charge on any atom is -0.482 e. The zero-order valence-electron chi connectivity index (χ0n) is 20.8. The molecular formula is C29H25ClFN3O4S. The third-order valence-electron chi connectivity index (χ3n) is 6.04. The van der Waals surface area contributed by atoms with Gasteiger partial charge in [-0.1, -0.05) is 48.0 Å². The molecule has 2 amide bonds. The monoisotopic (exact) mass is 565 g/mol. The van der Waals surface area contributed by atoms with E-state index in [1.807, 2.05) is 30.3 Å². The summed E-state index contributed by atoms with van der Waals surface area (Å²) in [5, 5.41) is 3.33. The Morgan fingerprint density at radius 2 is 1.97 bits per heavy atom. The number of halogens is 2. The molecular weight excluding hydrogens is 541 g/mol. The molecule has 2 aliphatic heterocycles. The van der Waals surface area contributed by atoms with Crippen molar-refractivity contribution in [2.75, 3.05) is 25.1 Å². The average molecular weight is 566 g/mol. The van der Waals surface area contributed by atoms with E-state index in [0.29, 0.717) is 34.5 Å². The first kappa shape index (κ1) is 26.9. The van der Waals surface area contributed by atoms with Crippen molar-refractivity contribution in [2.24, 2.45) is 4.99 Å². The summed E-state index contributed by atoms with van der Waals surface area (Å²) in [6.07, 6.45) is 3.62. The molecule has 200 valence electrons. The standard InChI is InChI=1S/C29H25ClFN3O4S/c30-22-15-19(12-13-25(22)38-18-27(35)33-24-11-5-4-10-23(24)31)16-26-28(36)34(17-21-9-6-14-37-21)29(39-26)32-20-7-2-1-3-8-20/h1-5,7-8,10-13,15-16,21H,6,9,14,17-18H2,(H,33,35)/b26-16-,32-29?/t21-/m0/s1. The average Bonchev–Trinajstić information content (AvgIpc) is 3.54. The highest BCUT2D eigenvalue weighted by atomic mass is 35.5. The fourth-order valence-corrected chi connectivity index (χ4v) is 5.38. The number of hydrogen-bond donors (Lipinski definition) is 1. The summed E-state index contributed by atoms with van der Waals surface area (Å²) in [6.45, 7) is 0.795. The van der Waals surface area contributed by atoms with Gasteiger partial charge in [0.2, 0.25) is 0 Å². The Morgan fingerprint density at radius 1 is 1.18 bits per heavy atom. The van der Waals surface area contributed by atoms with Gasteiger partial charge in [-0.3, -0.25) is 14.5 Å². The van der Waals surface area contributed by atoms with Crippen molar-refractivity contribution < 1.29 is 23.5 Å². The van der Waals surface area contributed by atoms with Gasteiger partial charge in [0.05, 0.1) is 34.0 Å². The normalized spacial score (nSPS) is 19.2. The molecule has 1 N–H and O–H groups in total. The van der Waals surface area contributed by atoms with E-state index in [9.17, 15) is 14.0 Å². The number of amides is 2. The van der Waals surface area contributed by atoms with E-state index in [4.69, 9.17) is 26.1 Å². The Hall–Kier alpha value is -3.66. The largest absolute Gasteiger partial charge is 0.482 e.